The second-order valence-corrected chi connectivity index (χ2v) is 11.8. The molecule has 13 heteroatoms. The summed E-state index contributed by atoms with van der Waals surface area (Å²) in [5.41, 5.74) is 8.12. The van der Waals surface area contributed by atoms with Crippen molar-refractivity contribution >= 4 is 64.3 Å². The number of fused-ring (bicyclic) bond motifs is 2. The van der Waals surface area contributed by atoms with Gasteiger partial charge < -0.3 is 20.4 Å². The standard InChI is InChI=1S/C24H26N9OPS2/c1-3-15-20(30(2)22-28-19(18(12-25)36-22)13-4-6-14(35)7-5-13)33-23(27-15)37-24(29-33)32-11-9-16-17(32)8-10-31(16)21(26)34/h4-7,16-17H,3,8-11,35H2,1-2H3,(H2,26,34). The van der Waals surface area contributed by atoms with E-state index in [1.54, 1.807) is 16.2 Å². The fraction of sp³-hybridized carbons (Fsp3) is 0.375. The monoisotopic (exact) mass is 551 g/mol. The Bertz CT molecular complexity index is 1540. The van der Waals surface area contributed by atoms with Gasteiger partial charge in [-0.1, -0.05) is 53.9 Å². The third-order valence-electron chi connectivity index (χ3n) is 7.18. The van der Waals surface area contributed by atoms with E-state index in [1.807, 2.05) is 40.7 Å². The van der Waals surface area contributed by atoms with Crippen molar-refractivity contribution in [3.05, 3.63) is 34.8 Å². The van der Waals surface area contributed by atoms with Crippen molar-refractivity contribution in [1.29, 1.82) is 5.26 Å². The zero-order valence-corrected chi connectivity index (χ0v) is 23.2. The minimum absolute atomic E-state index is 0.139. The van der Waals surface area contributed by atoms with Crippen LogP contribution in [0.15, 0.2) is 24.3 Å². The Hall–Kier alpha value is -3.26. The Kier molecular flexibility index (Phi) is 6.02. The van der Waals surface area contributed by atoms with Crippen molar-refractivity contribution in [1.82, 2.24) is 24.5 Å². The number of primary amides is 1. The van der Waals surface area contributed by atoms with E-state index in [1.165, 1.54) is 11.3 Å². The number of aromatic nitrogens is 4. The second-order valence-electron chi connectivity index (χ2n) is 9.22. The third kappa shape index (κ3) is 3.93. The van der Waals surface area contributed by atoms with Crippen molar-refractivity contribution in [3.8, 4) is 17.3 Å². The topological polar surface area (TPSA) is 120 Å². The minimum atomic E-state index is -0.344. The van der Waals surface area contributed by atoms with Gasteiger partial charge in [0.05, 0.1) is 17.8 Å². The number of amides is 2. The molecule has 5 heterocycles. The summed E-state index contributed by atoms with van der Waals surface area (Å²) in [7, 11) is 4.62. The molecule has 2 aliphatic heterocycles. The summed E-state index contributed by atoms with van der Waals surface area (Å²) in [5.74, 6) is 0.853. The molecule has 0 aliphatic carbocycles. The maximum atomic E-state index is 11.8. The number of nitrogens with zero attached hydrogens (tertiary/aromatic N) is 8. The predicted octanol–water partition coefficient (Wildman–Crippen LogP) is 3.35. The van der Waals surface area contributed by atoms with Gasteiger partial charge in [-0.2, -0.15) is 9.78 Å². The number of anilines is 3. The molecule has 3 atom stereocenters. The molecule has 2 saturated heterocycles. The van der Waals surface area contributed by atoms with Gasteiger partial charge in [0.1, 0.15) is 16.6 Å². The maximum absolute atomic E-state index is 11.8. The summed E-state index contributed by atoms with van der Waals surface area (Å²) in [6, 6.07) is 10.3. The van der Waals surface area contributed by atoms with Crippen molar-refractivity contribution in [3.63, 3.8) is 0 Å². The fourth-order valence-electron chi connectivity index (χ4n) is 5.41. The Morgan fingerprint density at radius 1 is 1.22 bits per heavy atom. The molecule has 2 N–H and O–H groups in total. The average molecular weight is 552 g/mol. The zero-order valence-electron chi connectivity index (χ0n) is 20.5. The highest BCUT2D eigenvalue weighted by Crippen LogP contribution is 2.40. The lowest BCUT2D eigenvalue weighted by Crippen LogP contribution is -2.42. The highest BCUT2D eigenvalue weighted by atomic mass is 32.1. The molecule has 0 radical (unpaired) electrons. The van der Waals surface area contributed by atoms with Crippen molar-refractivity contribution in [2.24, 2.45) is 5.73 Å². The largest absolute Gasteiger partial charge is 0.351 e. The quantitative estimate of drug-likeness (QED) is 0.378. The number of carbonyl (C=O) groups is 1. The molecule has 4 aromatic rings. The Labute approximate surface area is 224 Å². The molecular weight excluding hydrogens is 525 g/mol. The van der Waals surface area contributed by atoms with E-state index in [9.17, 15) is 10.1 Å². The van der Waals surface area contributed by atoms with Gasteiger partial charge >= 0.3 is 6.03 Å². The number of carbonyl (C=O) groups excluding carboxylic acids is 1. The van der Waals surface area contributed by atoms with Crippen LogP contribution in [0.25, 0.3) is 16.2 Å². The molecular formula is C24H26N9OPS2. The van der Waals surface area contributed by atoms with E-state index >= 15 is 0 Å². The molecule has 0 bridgehead atoms. The van der Waals surface area contributed by atoms with Gasteiger partial charge in [0.2, 0.25) is 10.1 Å². The van der Waals surface area contributed by atoms with Crippen LogP contribution < -0.4 is 20.8 Å². The number of imidazole rings is 1. The Balaban J connectivity index is 1.36. The predicted molar refractivity (Wildman–Crippen MR) is 150 cm³/mol. The van der Waals surface area contributed by atoms with Gasteiger partial charge in [-0.3, -0.25) is 0 Å². The van der Waals surface area contributed by atoms with Crippen LogP contribution in [0, 0.1) is 11.3 Å². The Morgan fingerprint density at radius 2 is 1.97 bits per heavy atom. The highest BCUT2D eigenvalue weighted by molar-refractivity contribution is 7.27. The van der Waals surface area contributed by atoms with Gasteiger partial charge in [-0.05, 0) is 24.6 Å². The number of nitrogens with two attached hydrogens (primary N) is 1. The van der Waals surface area contributed by atoms with Crippen LogP contribution in [0.4, 0.5) is 20.9 Å². The van der Waals surface area contributed by atoms with E-state index in [0.29, 0.717) is 22.2 Å². The maximum Gasteiger partial charge on any atom is 0.315 e. The molecule has 0 saturated carbocycles. The van der Waals surface area contributed by atoms with E-state index in [2.05, 4.69) is 27.1 Å². The first-order chi connectivity index (χ1) is 17.9. The number of hydrogen-bond acceptors (Lipinski definition) is 9. The number of thiazole rings is 1. The van der Waals surface area contributed by atoms with Crippen LogP contribution in [0.2, 0.25) is 0 Å². The first kappa shape index (κ1) is 24.1. The number of likely N-dealkylation sites (tertiary alicyclic amines) is 1. The molecule has 190 valence electrons. The van der Waals surface area contributed by atoms with Crippen LogP contribution in [0.1, 0.15) is 30.3 Å². The molecule has 3 aromatic heterocycles. The van der Waals surface area contributed by atoms with E-state index < -0.39 is 0 Å². The molecule has 2 amide bonds. The normalized spacial score (nSPS) is 19.0. The van der Waals surface area contributed by atoms with Gasteiger partial charge in [0.15, 0.2) is 10.9 Å². The summed E-state index contributed by atoms with van der Waals surface area (Å²) in [6.07, 6.45) is 2.52. The zero-order chi connectivity index (χ0) is 25.8. The molecule has 0 spiro atoms. The van der Waals surface area contributed by atoms with Crippen LogP contribution in [0.3, 0.4) is 0 Å². The molecule has 2 fully saturated rings. The van der Waals surface area contributed by atoms with Crippen LogP contribution in [0.5, 0.6) is 0 Å². The average Bonchev–Trinajstić information content (AvgIpc) is 3.68. The number of urea groups is 1. The van der Waals surface area contributed by atoms with Crippen molar-refractivity contribution in [2.75, 3.05) is 29.9 Å². The van der Waals surface area contributed by atoms with Gasteiger partial charge in [-0.25, -0.2) is 14.8 Å². The number of rotatable bonds is 5. The first-order valence-electron chi connectivity index (χ1n) is 12.1. The summed E-state index contributed by atoms with van der Waals surface area (Å²) < 4.78 is 1.89. The Morgan fingerprint density at radius 3 is 2.68 bits per heavy atom. The van der Waals surface area contributed by atoms with E-state index in [-0.39, 0.29) is 18.1 Å². The molecule has 10 nitrogen and oxygen atoms in total. The molecule has 2 aliphatic rings. The fourth-order valence-corrected chi connectivity index (χ4v) is 7.45. The van der Waals surface area contributed by atoms with Crippen LogP contribution in [-0.4, -0.2) is 62.7 Å². The van der Waals surface area contributed by atoms with Crippen LogP contribution >= 0.6 is 31.9 Å². The number of benzene rings is 1. The minimum Gasteiger partial charge on any atom is -0.351 e. The first-order valence-corrected chi connectivity index (χ1v) is 14.3. The van der Waals surface area contributed by atoms with E-state index in [0.717, 1.165) is 58.3 Å². The van der Waals surface area contributed by atoms with Gasteiger partial charge in [-0.15, -0.1) is 14.3 Å². The number of aryl methyl sites for hydroxylation is 1. The lowest BCUT2D eigenvalue weighted by molar-refractivity contribution is 0.202. The lowest BCUT2D eigenvalue weighted by Gasteiger charge is -2.23. The summed E-state index contributed by atoms with van der Waals surface area (Å²) in [6.45, 7) is 3.59. The molecule has 3 unspecified atom stereocenters. The van der Waals surface area contributed by atoms with Crippen LogP contribution in [-0.2, 0) is 6.42 Å². The smallest absolute Gasteiger partial charge is 0.315 e. The van der Waals surface area contributed by atoms with Crippen molar-refractivity contribution in [2.45, 2.75) is 38.3 Å². The highest BCUT2D eigenvalue weighted by Gasteiger charge is 2.45. The van der Waals surface area contributed by atoms with Gasteiger partial charge in [0, 0.05) is 25.7 Å². The summed E-state index contributed by atoms with van der Waals surface area (Å²) >= 11 is 2.92. The number of nitriles is 1. The molecule has 37 heavy (non-hydrogen) atoms. The number of hydrogen-bond donors (Lipinski definition) is 1. The lowest BCUT2D eigenvalue weighted by atomic mass is 10.1. The SMILES string of the molecule is CCc1nc2sc(N3CCC4C3CCN4C(N)=O)nn2c1N(C)c1nc(-c2ccc(P)cc2)c(C#N)s1. The summed E-state index contributed by atoms with van der Waals surface area (Å²) in [5, 5.41) is 17.5. The van der Waals surface area contributed by atoms with E-state index in [4.69, 9.17) is 20.8 Å². The molecule has 6 rings (SSSR count). The van der Waals surface area contributed by atoms with Crippen molar-refractivity contribution < 1.29 is 4.79 Å². The summed E-state index contributed by atoms with van der Waals surface area (Å²) in [4.78, 5) is 29.0. The molecule has 1 aromatic carbocycles. The second kappa shape index (κ2) is 9.24. The third-order valence-corrected chi connectivity index (χ3v) is 9.55. The van der Waals surface area contributed by atoms with Gasteiger partial charge in [0.25, 0.3) is 0 Å².